The van der Waals surface area contributed by atoms with Crippen LogP contribution in [0.25, 0.3) is 0 Å². The molecule has 1 atom stereocenters. The predicted octanol–water partition coefficient (Wildman–Crippen LogP) is 3.26. The van der Waals surface area contributed by atoms with Gasteiger partial charge in [-0.2, -0.15) is 0 Å². The lowest BCUT2D eigenvalue weighted by Crippen LogP contribution is -2.38. The van der Waals surface area contributed by atoms with Crippen molar-refractivity contribution in [3.63, 3.8) is 0 Å². The van der Waals surface area contributed by atoms with Gasteiger partial charge in [-0.3, -0.25) is 4.79 Å². The largest absolute Gasteiger partial charge is 0.394 e. The molecule has 0 aliphatic heterocycles. The molecule has 3 heteroatoms. The van der Waals surface area contributed by atoms with Crippen LogP contribution in [-0.2, 0) is 4.79 Å². The molecule has 0 saturated heterocycles. The Morgan fingerprint density at radius 3 is 2.53 bits per heavy atom. The highest BCUT2D eigenvalue weighted by molar-refractivity contribution is 5.76. The monoisotopic (exact) mass is 269 g/mol. The molecule has 0 aromatic carbocycles. The maximum atomic E-state index is 11.8. The van der Waals surface area contributed by atoms with Crippen LogP contribution in [0.3, 0.4) is 0 Å². The van der Waals surface area contributed by atoms with Crippen LogP contribution in [0.2, 0.25) is 0 Å². The normalized spacial score (nSPS) is 18.5. The first-order chi connectivity index (χ1) is 9.11. The number of aliphatic hydroxyl groups is 1. The maximum absolute atomic E-state index is 11.8. The van der Waals surface area contributed by atoms with E-state index >= 15 is 0 Å². The lowest BCUT2D eigenvalue weighted by Gasteiger charge is -2.21. The molecule has 3 nitrogen and oxygen atoms in total. The zero-order chi connectivity index (χ0) is 14.1. The van der Waals surface area contributed by atoms with E-state index < -0.39 is 0 Å². The van der Waals surface area contributed by atoms with Crippen LogP contribution in [0.4, 0.5) is 0 Å². The van der Waals surface area contributed by atoms with Gasteiger partial charge in [0.2, 0.25) is 5.91 Å². The Kier molecular flexibility index (Phi) is 8.11. The van der Waals surface area contributed by atoms with Gasteiger partial charge in [0.25, 0.3) is 0 Å². The van der Waals surface area contributed by atoms with E-state index in [4.69, 9.17) is 0 Å². The molecule has 0 bridgehead atoms. The molecule has 0 aromatic rings. The second-order valence-corrected chi connectivity index (χ2v) is 6.47. The number of carbonyl (C=O) groups is 1. The average Bonchev–Trinajstić information content (AvgIpc) is 2.38. The van der Waals surface area contributed by atoms with Gasteiger partial charge in [0.15, 0.2) is 0 Å². The van der Waals surface area contributed by atoms with Crippen molar-refractivity contribution >= 4 is 5.91 Å². The average molecular weight is 269 g/mol. The molecule has 1 rings (SSSR count). The molecular formula is C16H31NO2. The third-order valence-corrected chi connectivity index (χ3v) is 4.08. The van der Waals surface area contributed by atoms with Crippen molar-refractivity contribution in [2.45, 2.75) is 77.7 Å². The summed E-state index contributed by atoms with van der Waals surface area (Å²) in [4.78, 5) is 11.8. The fourth-order valence-corrected chi connectivity index (χ4v) is 3.08. The van der Waals surface area contributed by atoms with Gasteiger partial charge in [0.05, 0.1) is 12.6 Å². The highest BCUT2D eigenvalue weighted by Crippen LogP contribution is 2.27. The van der Waals surface area contributed by atoms with Gasteiger partial charge in [-0.15, -0.1) is 0 Å². The summed E-state index contributed by atoms with van der Waals surface area (Å²) in [6.45, 7) is 4.27. The van der Waals surface area contributed by atoms with E-state index in [1.54, 1.807) is 0 Å². The van der Waals surface area contributed by atoms with Gasteiger partial charge in [-0.25, -0.2) is 0 Å². The molecule has 2 N–H and O–H groups in total. The Morgan fingerprint density at radius 1 is 1.26 bits per heavy atom. The molecular weight excluding hydrogens is 238 g/mol. The number of rotatable bonds is 8. The number of nitrogens with one attached hydrogen (secondary N) is 1. The van der Waals surface area contributed by atoms with Gasteiger partial charge in [0.1, 0.15) is 0 Å². The van der Waals surface area contributed by atoms with Gasteiger partial charge in [-0.05, 0) is 31.1 Å². The van der Waals surface area contributed by atoms with E-state index in [1.165, 1.54) is 38.5 Å². The van der Waals surface area contributed by atoms with E-state index in [1.807, 2.05) is 0 Å². The molecule has 1 amide bonds. The van der Waals surface area contributed by atoms with Crippen LogP contribution < -0.4 is 5.32 Å². The first kappa shape index (κ1) is 16.5. The van der Waals surface area contributed by atoms with Crippen molar-refractivity contribution < 1.29 is 9.90 Å². The lowest BCUT2D eigenvalue weighted by atomic mass is 9.86. The summed E-state index contributed by atoms with van der Waals surface area (Å²) in [6.07, 6.45) is 10.5. The Labute approximate surface area is 118 Å². The zero-order valence-corrected chi connectivity index (χ0v) is 12.7. The minimum Gasteiger partial charge on any atom is -0.394 e. The molecule has 1 unspecified atom stereocenters. The molecule has 1 aliphatic rings. The van der Waals surface area contributed by atoms with Crippen LogP contribution in [0.5, 0.6) is 0 Å². The van der Waals surface area contributed by atoms with Crippen LogP contribution >= 0.6 is 0 Å². The fourth-order valence-electron chi connectivity index (χ4n) is 3.08. The standard InChI is InChI=1S/C16H31NO2/c1-13(2)11-15(12-18)17-16(19)10-6-9-14-7-4-3-5-8-14/h13-15,18H,3-12H2,1-2H3,(H,17,19). The summed E-state index contributed by atoms with van der Waals surface area (Å²) < 4.78 is 0. The van der Waals surface area contributed by atoms with Crippen LogP contribution in [0, 0.1) is 11.8 Å². The summed E-state index contributed by atoms with van der Waals surface area (Å²) in [5.74, 6) is 1.46. The van der Waals surface area contributed by atoms with Gasteiger partial charge >= 0.3 is 0 Å². The molecule has 0 spiro atoms. The summed E-state index contributed by atoms with van der Waals surface area (Å²) in [7, 11) is 0. The van der Waals surface area contributed by atoms with Crippen molar-refractivity contribution in [1.82, 2.24) is 5.32 Å². The quantitative estimate of drug-likeness (QED) is 0.710. The smallest absolute Gasteiger partial charge is 0.220 e. The Bertz CT molecular complexity index is 247. The summed E-state index contributed by atoms with van der Waals surface area (Å²) in [5.41, 5.74) is 0. The molecule has 1 fully saturated rings. The highest BCUT2D eigenvalue weighted by Gasteiger charge is 2.15. The third-order valence-electron chi connectivity index (χ3n) is 4.08. The number of carbonyl (C=O) groups excluding carboxylic acids is 1. The van der Waals surface area contributed by atoms with Gasteiger partial charge in [-0.1, -0.05) is 46.0 Å². The minimum absolute atomic E-state index is 0.0482. The van der Waals surface area contributed by atoms with E-state index in [0.29, 0.717) is 12.3 Å². The topological polar surface area (TPSA) is 49.3 Å². The van der Waals surface area contributed by atoms with Gasteiger partial charge < -0.3 is 10.4 Å². The molecule has 112 valence electrons. The van der Waals surface area contributed by atoms with Crippen LogP contribution in [-0.4, -0.2) is 23.7 Å². The first-order valence-electron chi connectivity index (χ1n) is 8.02. The fraction of sp³-hybridized carbons (Fsp3) is 0.938. The Morgan fingerprint density at radius 2 is 1.95 bits per heavy atom. The number of hydrogen-bond donors (Lipinski definition) is 2. The zero-order valence-electron chi connectivity index (χ0n) is 12.7. The van der Waals surface area contributed by atoms with Crippen LogP contribution in [0.15, 0.2) is 0 Å². The van der Waals surface area contributed by atoms with Crippen molar-refractivity contribution in [3.05, 3.63) is 0 Å². The minimum atomic E-state index is -0.0674. The predicted molar refractivity (Wildman–Crippen MR) is 78.9 cm³/mol. The molecule has 0 radical (unpaired) electrons. The summed E-state index contributed by atoms with van der Waals surface area (Å²) in [5, 5.41) is 12.2. The van der Waals surface area contributed by atoms with Gasteiger partial charge in [0, 0.05) is 6.42 Å². The number of amides is 1. The second-order valence-electron chi connectivity index (χ2n) is 6.47. The lowest BCUT2D eigenvalue weighted by molar-refractivity contribution is -0.122. The summed E-state index contributed by atoms with van der Waals surface area (Å²) in [6, 6.07) is -0.0674. The van der Waals surface area contributed by atoms with Crippen molar-refractivity contribution in [2.75, 3.05) is 6.61 Å². The Hall–Kier alpha value is -0.570. The van der Waals surface area contributed by atoms with E-state index in [0.717, 1.165) is 18.8 Å². The SMILES string of the molecule is CC(C)CC(CO)NC(=O)CCCC1CCCCC1. The molecule has 0 aromatic heterocycles. The van der Waals surface area contributed by atoms with Crippen molar-refractivity contribution in [3.8, 4) is 0 Å². The van der Waals surface area contributed by atoms with E-state index in [9.17, 15) is 9.90 Å². The molecule has 19 heavy (non-hydrogen) atoms. The highest BCUT2D eigenvalue weighted by atomic mass is 16.3. The molecule has 0 heterocycles. The third kappa shape index (κ3) is 7.56. The molecule has 1 aliphatic carbocycles. The number of aliphatic hydroxyl groups excluding tert-OH is 1. The van der Waals surface area contributed by atoms with Crippen molar-refractivity contribution in [1.29, 1.82) is 0 Å². The van der Waals surface area contributed by atoms with Crippen molar-refractivity contribution in [2.24, 2.45) is 11.8 Å². The van der Waals surface area contributed by atoms with E-state index in [2.05, 4.69) is 19.2 Å². The van der Waals surface area contributed by atoms with Crippen LogP contribution in [0.1, 0.15) is 71.6 Å². The molecule has 1 saturated carbocycles. The van der Waals surface area contributed by atoms with E-state index in [-0.39, 0.29) is 18.6 Å². The number of hydrogen-bond acceptors (Lipinski definition) is 2. The first-order valence-corrected chi connectivity index (χ1v) is 8.02. The summed E-state index contributed by atoms with van der Waals surface area (Å²) >= 11 is 0. The Balaban J connectivity index is 2.12. The maximum Gasteiger partial charge on any atom is 0.220 e. The second kappa shape index (κ2) is 9.35.